The molecule has 0 saturated heterocycles. The van der Waals surface area contributed by atoms with Gasteiger partial charge in [-0.1, -0.05) is 0 Å². The third-order valence-corrected chi connectivity index (χ3v) is 1.52. The molecule has 1 aromatic heterocycles. The van der Waals surface area contributed by atoms with Crippen LogP contribution in [0, 0.1) is 0 Å². The minimum atomic E-state index is -0.841. The molecule has 0 spiro atoms. The third-order valence-electron chi connectivity index (χ3n) is 1.52. The SMILES string of the molecule is Nc1nc(N)nc(NCCCC(=O)O)n1. The average Bonchev–Trinajstić information content (AvgIpc) is 2.10. The van der Waals surface area contributed by atoms with Gasteiger partial charge in [-0.05, 0) is 6.42 Å². The Morgan fingerprint density at radius 2 is 1.87 bits per heavy atom. The van der Waals surface area contributed by atoms with Crippen LogP contribution in [0.2, 0.25) is 0 Å². The summed E-state index contributed by atoms with van der Waals surface area (Å²) < 4.78 is 0. The standard InChI is InChI=1S/C7H12N6O2/c8-5-11-6(9)13-7(12-5)10-3-1-2-4(14)15/h1-3H2,(H,14,15)(H5,8,9,10,11,12,13). The molecule has 0 aromatic carbocycles. The maximum atomic E-state index is 10.2. The Bertz CT molecular complexity index is 335. The maximum absolute atomic E-state index is 10.2. The number of nitrogens with zero attached hydrogens (tertiary/aromatic N) is 3. The second-order valence-corrected chi connectivity index (χ2v) is 2.80. The highest BCUT2D eigenvalue weighted by molar-refractivity contribution is 5.66. The molecule has 0 amide bonds. The summed E-state index contributed by atoms with van der Waals surface area (Å²) in [5.41, 5.74) is 10.7. The molecule has 8 nitrogen and oxygen atoms in total. The van der Waals surface area contributed by atoms with Crippen LogP contribution in [0.25, 0.3) is 0 Å². The van der Waals surface area contributed by atoms with Gasteiger partial charge in [0.2, 0.25) is 17.8 Å². The van der Waals surface area contributed by atoms with Gasteiger partial charge < -0.3 is 21.9 Å². The summed E-state index contributed by atoms with van der Waals surface area (Å²) in [5, 5.41) is 11.2. The fourth-order valence-electron chi connectivity index (χ4n) is 0.928. The Kier molecular flexibility index (Phi) is 3.61. The second kappa shape index (κ2) is 4.94. The van der Waals surface area contributed by atoms with Crippen LogP contribution >= 0.6 is 0 Å². The van der Waals surface area contributed by atoms with Crippen LogP contribution in [0.15, 0.2) is 0 Å². The van der Waals surface area contributed by atoms with Gasteiger partial charge in [0.15, 0.2) is 0 Å². The van der Waals surface area contributed by atoms with Gasteiger partial charge in [0.25, 0.3) is 0 Å². The molecule has 1 aromatic rings. The van der Waals surface area contributed by atoms with Gasteiger partial charge in [-0.2, -0.15) is 15.0 Å². The van der Waals surface area contributed by atoms with E-state index in [1.165, 1.54) is 0 Å². The summed E-state index contributed by atoms with van der Waals surface area (Å²) in [6, 6.07) is 0. The number of nitrogens with one attached hydrogen (secondary N) is 1. The van der Waals surface area contributed by atoms with E-state index in [1.807, 2.05) is 0 Å². The van der Waals surface area contributed by atoms with E-state index in [9.17, 15) is 4.79 Å². The minimum Gasteiger partial charge on any atom is -0.481 e. The van der Waals surface area contributed by atoms with Crippen molar-refractivity contribution in [3.8, 4) is 0 Å². The number of rotatable bonds is 5. The van der Waals surface area contributed by atoms with Crippen molar-refractivity contribution in [2.45, 2.75) is 12.8 Å². The molecule has 1 rings (SSSR count). The lowest BCUT2D eigenvalue weighted by molar-refractivity contribution is -0.137. The Balaban J connectivity index is 2.40. The highest BCUT2D eigenvalue weighted by atomic mass is 16.4. The van der Waals surface area contributed by atoms with Crippen molar-refractivity contribution in [2.75, 3.05) is 23.3 Å². The number of carboxylic acids is 1. The number of anilines is 3. The number of aromatic nitrogens is 3. The first-order valence-corrected chi connectivity index (χ1v) is 4.30. The van der Waals surface area contributed by atoms with Crippen molar-refractivity contribution in [1.29, 1.82) is 0 Å². The summed E-state index contributed by atoms with van der Waals surface area (Å²) in [6.45, 7) is 0.440. The van der Waals surface area contributed by atoms with Crippen LogP contribution in [0.1, 0.15) is 12.8 Å². The summed E-state index contributed by atoms with van der Waals surface area (Å²) >= 11 is 0. The van der Waals surface area contributed by atoms with Crippen molar-refractivity contribution in [2.24, 2.45) is 0 Å². The number of carboxylic acid groups (broad SMARTS) is 1. The zero-order valence-corrected chi connectivity index (χ0v) is 7.97. The second-order valence-electron chi connectivity index (χ2n) is 2.80. The minimum absolute atomic E-state index is 0.0308. The summed E-state index contributed by atoms with van der Waals surface area (Å²) in [4.78, 5) is 21.3. The van der Waals surface area contributed by atoms with Gasteiger partial charge in [-0.25, -0.2) is 0 Å². The van der Waals surface area contributed by atoms with E-state index in [0.29, 0.717) is 13.0 Å². The Labute approximate surface area is 85.7 Å². The van der Waals surface area contributed by atoms with Crippen molar-refractivity contribution in [3.63, 3.8) is 0 Å². The monoisotopic (exact) mass is 212 g/mol. The molecule has 6 N–H and O–H groups in total. The summed E-state index contributed by atoms with van der Waals surface area (Å²) in [6.07, 6.45) is 0.559. The van der Waals surface area contributed by atoms with Crippen LogP contribution in [-0.4, -0.2) is 32.6 Å². The van der Waals surface area contributed by atoms with E-state index in [1.54, 1.807) is 0 Å². The quantitative estimate of drug-likeness (QED) is 0.470. The van der Waals surface area contributed by atoms with E-state index in [4.69, 9.17) is 16.6 Å². The molecular weight excluding hydrogens is 200 g/mol. The summed E-state index contributed by atoms with van der Waals surface area (Å²) in [5.74, 6) is -0.525. The Morgan fingerprint density at radius 1 is 1.27 bits per heavy atom. The molecule has 0 aliphatic heterocycles. The van der Waals surface area contributed by atoms with Crippen LogP contribution in [0.3, 0.4) is 0 Å². The molecule has 0 saturated carbocycles. The lowest BCUT2D eigenvalue weighted by Gasteiger charge is -2.04. The van der Waals surface area contributed by atoms with Gasteiger partial charge in [-0.15, -0.1) is 0 Å². The van der Waals surface area contributed by atoms with Crippen molar-refractivity contribution in [1.82, 2.24) is 15.0 Å². The van der Waals surface area contributed by atoms with E-state index in [-0.39, 0.29) is 24.3 Å². The first-order valence-electron chi connectivity index (χ1n) is 4.30. The fraction of sp³-hybridized carbons (Fsp3) is 0.429. The highest BCUT2D eigenvalue weighted by Crippen LogP contribution is 2.03. The van der Waals surface area contributed by atoms with E-state index < -0.39 is 5.97 Å². The summed E-state index contributed by atoms with van der Waals surface area (Å²) in [7, 11) is 0. The number of nitrogen functional groups attached to an aromatic ring is 2. The lowest BCUT2D eigenvalue weighted by atomic mass is 10.3. The fourth-order valence-corrected chi connectivity index (χ4v) is 0.928. The molecule has 0 fully saturated rings. The largest absolute Gasteiger partial charge is 0.481 e. The lowest BCUT2D eigenvalue weighted by Crippen LogP contribution is -2.11. The van der Waals surface area contributed by atoms with Gasteiger partial charge in [-0.3, -0.25) is 4.79 Å². The van der Waals surface area contributed by atoms with Crippen LogP contribution in [0.4, 0.5) is 17.8 Å². The zero-order chi connectivity index (χ0) is 11.3. The highest BCUT2D eigenvalue weighted by Gasteiger charge is 2.01. The smallest absolute Gasteiger partial charge is 0.303 e. The first kappa shape index (κ1) is 11.0. The number of hydrogen-bond acceptors (Lipinski definition) is 7. The van der Waals surface area contributed by atoms with Crippen molar-refractivity contribution < 1.29 is 9.90 Å². The predicted molar refractivity (Wildman–Crippen MR) is 54.0 cm³/mol. The number of nitrogens with two attached hydrogens (primary N) is 2. The molecular formula is C7H12N6O2. The van der Waals surface area contributed by atoms with Crippen molar-refractivity contribution >= 4 is 23.8 Å². The molecule has 0 radical (unpaired) electrons. The molecule has 15 heavy (non-hydrogen) atoms. The zero-order valence-electron chi connectivity index (χ0n) is 7.97. The number of carbonyl (C=O) groups is 1. The first-order chi connectivity index (χ1) is 7.08. The molecule has 0 unspecified atom stereocenters. The predicted octanol–water partition coefficient (Wildman–Crippen LogP) is -0.687. The van der Waals surface area contributed by atoms with Gasteiger partial charge in [0, 0.05) is 13.0 Å². The van der Waals surface area contributed by atoms with Gasteiger partial charge >= 0.3 is 5.97 Å². The number of hydrogen-bond donors (Lipinski definition) is 4. The number of aliphatic carboxylic acids is 1. The van der Waals surface area contributed by atoms with E-state index in [0.717, 1.165) is 0 Å². The molecule has 82 valence electrons. The van der Waals surface area contributed by atoms with Crippen LogP contribution in [-0.2, 0) is 4.79 Å². The molecule has 0 aliphatic rings. The topological polar surface area (TPSA) is 140 Å². The van der Waals surface area contributed by atoms with E-state index in [2.05, 4.69) is 20.3 Å². The maximum Gasteiger partial charge on any atom is 0.303 e. The Morgan fingerprint density at radius 3 is 2.40 bits per heavy atom. The van der Waals surface area contributed by atoms with Crippen LogP contribution < -0.4 is 16.8 Å². The van der Waals surface area contributed by atoms with E-state index >= 15 is 0 Å². The average molecular weight is 212 g/mol. The van der Waals surface area contributed by atoms with Crippen molar-refractivity contribution in [3.05, 3.63) is 0 Å². The molecule has 8 heteroatoms. The van der Waals surface area contributed by atoms with Crippen LogP contribution in [0.5, 0.6) is 0 Å². The Hall–Kier alpha value is -2.12. The molecule has 0 aliphatic carbocycles. The van der Waals surface area contributed by atoms with Gasteiger partial charge in [0.1, 0.15) is 0 Å². The van der Waals surface area contributed by atoms with Gasteiger partial charge in [0.05, 0.1) is 0 Å². The molecule has 1 heterocycles. The molecule has 0 bridgehead atoms. The molecule has 0 atom stereocenters. The third kappa shape index (κ3) is 4.07. The normalized spacial score (nSPS) is 9.87.